The number of likely N-dealkylation sites (tertiary alicyclic amines) is 1. The third kappa shape index (κ3) is 12.3. The number of hydrogen-bond donors (Lipinski definition) is 5. The fourth-order valence-corrected chi connectivity index (χ4v) is 5.16. The molecule has 1 heterocycles. The van der Waals surface area contributed by atoms with Crippen LogP contribution in [-0.4, -0.2) is 84.0 Å². The minimum atomic E-state index is -3.83. The zero-order chi connectivity index (χ0) is 28.4. The monoisotopic (exact) mass is 542 g/mol. The summed E-state index contributed by atoms with van der Waals surface area (Å²) in [7, 11) is -0.822. The SMILES string of the molecule is C=N.CN.COc1ccc(C)c(CS(=O)(=O)N[C@H]2CCCCN(CC(=O)NC(C=O)CCCN)C2=O)c1. The second-order valence-corrected chi connectivity index (χ2v) is 9.97. The second kappa shape index (κ2) is 18.4. The van der Waals surface area contributed by atoms with Crippen LogP contribution in [0.15, 0.2) is 18.2 Å². The highest BCUT2D eigenvalue weighted by Crippen LogP contribution is 2.20. The molecule has 1 fully saturated rings. The summed E-state index contributed by atoms with van der Waals surface area (Å²) in [4.78, 5) is 37.9. The molecule has 13 heteroatoms. The van der Waals surface area contributed by atoms with Gasteiger partial charge < -0.3 is 36.6 Å². The molecule has 0 radical (unpaired) electrons. The first-order valence-electron chi connectivity index (χ1n) is 12.0. The summed E-state index contributed by atoms with van der Waals surface area (Å²) in [6.07, 6.45) is 3.30. The lowest BCUT2D eigenvalue weighted by molar-refractivity contribution is -0.137. The highest BCUT2D eigenvalue weighted by atomic mass is 32.2. The van der Waals surface area contributed by atoms with Crippen LogP contribution in [0.3, 0.4) is 0 Å². The van der Waals surface area contributed by atoms with Crippen molar-refractivity contribution in [3.8, 4) is 5.75 Å². The molecule has 1 aliphatic heterocycles. The van der Waals surface area contributed by atoms with Crippen molar-refractivity contribution in [3.63, 3.8) is 0 Å². The van der Waals surface area contributed by atoms with Crippen molar-refractivity contribution in [1.29, 1.82) is 5.41 Å². The average molecular weight is 543 g/mol. The first-order chi connectivity index (χ1) is 17.7. The number of aryl methyl sites for hydroxylation is 1. The lowest BCUT2D eigenvalue weighted by Gasteiger charge is -2.25. The fourth-order valence-electron chi connectivity index (χ4n) is 3.70. The van der Waals surface area contributed by atoms with Crippen LogP contribution in [0.1, 0.15) is 43.2 Å². The molecule has 0 spiro atoms. The Hall–Kier alpha value is -2.87. The van der Waals surface area contributed by atoms with Crippen LogP contribution in [0.5, 0.6) is 5.75 Å². The molecule has 0 aromatic heterocycles. The average Bonchev–Trinajstić information content (AvgIpc) is 3.06. The molecule has 210 valence electrons. The molecule has 0 bridgehead atoms. The van der Waals surface area contributed by atoms with E-state index in [0.29, 0.717) is 62.8 Å². The molecule has 0 saturated carbocycles. The zero-order valence-corrected chi connectivity index (χ0v) is 22.8. The Morgan fingerprint density at radius 3 is 2.59 bits per heavy atom. The van der Waals surface area contributed by atoms with Crippen molar-refractivity contribution in [2.75, 3.05) is 33.8 Å². The normalized spacial score (nSPS) is 16.2. The molecule has 2 rings (SSSR count). The highest BCUT2D eigenvalue weighted by molar-refractivity contribution is 7.88. The van der Waals surface area contributed by atoms with Crippen LogP contribution < -0.4 is 26.2 Å². The molecule has 1 unspecified atom stereocenters. The van der Waals surface area contributed by atoms with E-state index in [9.17, 15) is 22.8 Å². The number of carbonyl (C=O) groups excluding carboxylic acids is 3. The van der Waals surface area contributed by atoms with Crippen molar-refractivity contribution >= 4 is 34.8 Å². The number of ether oxygens (including phenoxy) is 1. The summed E-state index contributed by atoms with van der Waals surface area (Å²) in [6, 6.07) is 3.58. The molecule has 1 aromatic carbocycles. The largest absolute Gasteiger partial charge is 0.497 e. The summed E-state index contributed by atoms with van der Waals surface area (Å²) in [5.74, 6) is -0.651. The predicted octanol–water partition coefficient (Wildman–Crippen LogP) is 0.0674. The van der Waals surface area contributed by atoms with E-state index in [-0.39, 0.29) is 12.3 Å². The maximum atomic E-state index is 13.0. The summed E-state index contributed by atoms with van der Waals surface area (Å²) >= 11 is 0. The standard InChI is InChI=1S/C22H34N4O6S.CH5N.CH3N/c1-16-8-9-19(32-2)12-17(16)15-33(30,31)25-20-7-3-4-11-26(22(20)29)13-21(28)24-18(14-27)6-5-10-23;2*1-2/h8-9,12,14,18,20,25H,3-7,10-11,13,15,23H2,1-2H3,(H,24,28);2H2,1H3;2H,1H2/t18?,20-;;/m0../s1. The van der Waals surface area contributed by atoms with Gasteiger partial charge in [0.25, 0.3) is 0 Å². The summed E-state index contributed by atoms with van der Waals surface area (Å²) < 4.78 is 33.4. The number of amides is 2. The van der Waals surface area contributed by atoms with Crippen LogP contribution in [-0.2, 0) is 30.2 Å². The zero-order valence-electron chi connectivity index (χ0n) is 22.0. The molecular weight excluding hydrogens is 500 g/mol. The number of nitrogens with zero attached hydrogens (tertiary/aromatic N) is 1. The van der Waals surface area contributed by atoms with E-state index in [1.807, 2.05) is 6.92 Å². The number of methoxy groups -OCH3 is 1. The van der Waals surface area contributed by atoms with Gasteiger partial charge in [0.05, 0.1) is 25.4 Å². The maximum Gasteiger partial charge on any atom is 0.241 e. The number of hydrogen-bond acceptors (Lipinski definition) is 9. The second-order valence-electron chi connectivity index (χ2n) is 8.22. The molecule has 2 atom stereocenters. The van der Waals surface area contributed by atoms with Gasteiger partial charge in [-0.25, -0.2) is 13.1 Å². The Labute approximate surface area is 220 Å². The molecule has 2 amide bonds. The number of benzene rings is 1. The molecule has 12 nitrogen and oxygen atoms in total. The molecular formula is C24H42N6O6S. The Balaban J connectivity index is 0.00000308. The van der Waals surface area contributed by atoms with E-state index in [1.54, 1.807) is 18.2 Å². The van der Waals surface area contributed by atoms with E-state index < -0.39 is 33.9 Å². The minimum absolute atomic E-state index is 0.237. The molecule has 37 heavy (non-hydrogen) atoms. The number of sulfonamides is 1. The van der Waals surface area contributed by atoms with E-state index in [0.717, 1.165) is 5.56 Å². The maximum absolute atomic E-state index is 13.0. The number of aldehydes is 1. The van der Waals surface area contributed by atoms with E-state index >= 15 is 0 Å². The minimum Gasteiger partial charge on any atom is -0.497 e. The lowest BCUT2D eigenvalue weighted by atomic mass is 10.1. The van der Waals surface area contributed by atoms with Crippen molar-refractivity contribution in [2.45, 2.75) is 56.9 Å². The number of nitrogens with one attached hydrogen (secondary N) is 3. The van der Waals surface area contributed by atoms with Gasteiger partial charge in [0.15, 0.2) is 0 Å². The Kier molecular flexibility index (Phi) is 17.0. The van der Waals surface area contributed by atoms with E-state index in [4.69, 9.17) is 15.9 Å². The Morgan fingerprint density at radius 2 is 2.00 bits per heavy atom. The highest BCUT2D eigenvalue weighted by Gasteiger charge is 2.31. The summed E-state index contributed by atoms with van der Waals surface area (Å²) in [5, 5.41) is 8.10. The van der Waals surface area contributed by atoms with Crippen molar-refractivity contribution in [3.05, 3.63) is 29.3 Å². The molecule has 1 aliphatic rings. The Morgan fingerprint density at radius 1 is 1.32 bits per heavy atom. The molecule has 0 aliphatic carbocycles. The van der Waals surface area contributed by atoms with Crippen LogP contribution in [0.4, 0.5) is 0 Å². The van der Waals surface area contributed by atoms with Gasteiger partial charge in [0.1, 0.15) is 18.1 Å². The summed E-state index contributed by atoms with van der Waals surface area (Å²) in [6.45, 7) is 4.82. The van der Waals surface area contributed by atoms with Gasteiger partial charge >= 0.3 is 0 Å². The van der Waals surface area contributed by atoms with Gasteiger partial charge in [-0.3, -0.25) is 9.59 Å². The van der Waals surface area contributed by atoms with Gasteiger partial charge in [-0.05, 0) is 82.6 Å². The predicted molar refractivity (Wildman–Crippen MR) is 144 cm³/mol. The van der Waals surface area contributed by atoms with Crippen LogP contribution in [0.2, 0.25) is 0 Å². The van der Waals surface area contributed by atoms with Gasteiger partial charge in [-0.2, -0.15) is 0 Å². The molecule has 7 N–H and O–H groups in total. The first kappa shape index (κ1) is 34.1. The van der Waals surface area contributed by atoms with Gasteiger partial charge in [-0.15, -0.1) is 0 Å². The Bertz CT molecular complexity index is 959. The number of carbonyl (C=O) groups is 3. The molecule has 1 aromatic rings. The first-order valence-corrected chi connectivity index (χ1v) is 13.6. The van der Waals surface area contributed by atoms with Crippen LogP contribution in [0, 0.1) is 12.3 Å². The third-order valence-electron chi connectivity index (χ3n) is 5.57. The van der Waals surface area contributed by atoms with Gasteiger partial charge in [0, 0.05) is 6.54 Å². The van der Waals surface area contributed by atoms with Crippen molar-refractivity contribution in [1.82, 2.24) is 14.9 Å². The number of rotatable bonds is 12. The van der Waals surface area contributed by atoms with Crippen molar-refractivity contribution < 1.29 is 27.5 Å². The van der Waals surface area contributed by atoms with Crippen LogP contribution >= 0.6 is 0 Å². The van der Waals surface area contributed by atoms with Gasteiger partial charge in [0.2, 0.25) is 21.8 Å². The topological polar surface area (TPSA) is 198 Å². The third-order valence-corrected chi connectivity index (χ3v) is 6.90. The van der Waals surface area contributed by atoms with E-state index in [1.165, 1.54) is 19.1 Å². The number of nitrogens with two attached hydrogens (primary N) is 2. The summed E-state index contributed by atoms with van der Waals surface area (Å²) in [5.41, 5.74) is 11.3. The lowest BCUT2D eigenvalue weighted by Crippen LogP contribution is -2.51. The van der Waals surface area contributed by atoms with Crippen LogP contribution in [0.25, 0.3) is 0 Å². The van der Waals surface area contributed by atoms with Crippen molar-refractivity contribution in [2.24, 2.45) is 11.5 Å². The van der Waals surface area contributed by atoms with E-state index in [2.05, 4.69) is 22.5 Å². The smallest absolute Gasteiger partial charge is 0.241 e. The fraction of sp³-hybridized carbons (Fsp3) is 0.583. The van der Waals surface area contributed by atoms with Gasteiger partial charge in [-0.1, -0.05) is 6.07 Å². The quantitative estimate of drug-likeness (QED) is 0.180. The molecule has 1 saturated heterocycles.